The van der Waals surface area contributed by atoms with Gasteiger partial charge in [-0.15, -0.1) is 0 Å². The first kappa shape index (κ1) is 11.6. The van der Waals surface area contributed by atoms with Crippen LogP contribution in [0.3, 0.4) is 0 Å². The van der Waals surface area contributed by atoms with Crippen LogP contribution in [0.15, 0.2) is 18.2 Å². The molecule has 5 nitrogen and oxygen atoms in total. The van der Waals surface area contributed by atoms with Gasteiger partial charge in [0.2, 0.25) is 6.79 Å². The first-order chi connectivity index (χ1) is 8.29. The van der Waals surface area contributed by atoms with Crippen molar-refractivity contribution in [1.82, 2.24) is 5.32 Å². The number of carbonyl (C=O) groups excluding carboxylic acids is 1. The summed E-state index contributed by atoms with van der Waals surface area (Å²) < 4.78 is 15.2. The fourth-order valence-electron chi connectivity index (χ4n) is 1.59. The van der Waals surface area contributed by atoms with Crippen LogP contribution in [-0.4, -0.2) is 26.0 Å². The van der Waals surface area contributed by atoms with Crippen molar-refractivity contribution in [2.75, 3.05) is 19.9 Å². The summed E-state index contributed by atoms with van der Waals surface area (Å²) in [5.74, 6) is 1.53. The zero-order valence-corrected chi connectivity index (χ0v) is 9.69. The molecule has 0 aliphatic carbocycles. The van der Waals surface area contributed by atoms with Crippen LogP contribution in [0.5, 0.6) is 11.5 Å². The quantitative estimate of drug-likeness (QED) is 0.866. The van der Waals surface area contributed by atoms with Gasteiger partial charge in [0.25, 0.3) is 0 Å². The smallest absolute Gasteiger partial charge is 0.407 e. The van der Waals surface area contributed by atoms with Crippen LogP contribution >= 0.6 is 0 Å². The van der Waals surface area contributed by atoms with Crippen LogP contribution < -0.4 is 14.8 Å². The van der Waals surface area contributed by atoms with Gasteiger partial charge in [-0.3, -0.25) is 0 Å². The molecule has 0 aromatic heterocycles. The predicted molar refractivity (Wildman–Crippen MR) is 61.3 cm³/mol. The molecule has 0 radical (unpaired) electrons. The Morgan fingerprint density at radius 2 is 2.24 bits per heavy atom. The van der Waals surface area contributed by atoms with Crippen molar-refractivity contribution in [3.63, 3.8) is 0 Å². The fraction of sp³-hybridized carbons (Fsp3) is 0.417. The van der Waals surface area contributed by atoms with Gasteiger partial charge in [0.05, 0.1) is 6.61 Å². The highest BCUT2D eigenvalue weighted by atomic mass is 16.7. The van der Waals surface area contributed by atoms with Crippen LogP contribution in [0.25, 0.3) is 0 Å². The van der Waals surface area contributed by atoms with Gasteiger partial charge in [0.1, 0.15) is 0 Å². The molecule has 2 rings (SSSR count). The number of ether oxygens (including phenoxy) is 3. The highest BCUT2D eigenvalue weighted by molar-refractivity contribution is 5.67. The maximum Gasteiger partial charge on any atom is 0.407 e. The lowest BCUT2D eigenvalue weighted by molar-refractivity contribution is 0.152. The second-order valence-corrected chi connectivity index (χ2v) is 3.58. The summed E-state index contributed by atoms with van der Waals surface area (Å²) in [6, 6.07) is 5.76. The van der Waals surface area contributed by atoms with Gasteiger partial charge in [-0.1, -0.05) is 6.07 Å². The molecule has 1 aliphatic rings. The SMILES string of the molecule is CCOC(=O)NCCc1ccc2c(c1)OCO2. The Hall–Kier alpha value is -1.91. The molecular formula is C12H15NO4. The largest absolute Gasteiger partial charge is 0.454 e. The third-order valence-electron chi connectivity index (χ3n) is 2.40. The van der Waals surface area contributed by atoms with Crippen LogP contribution in [0.4, 0.5) is 4.79 Å². The van der Waals surface area contributed by atoms with Crippen LogP contribution in [-0.2, 0) is 11.2 Å². The second-order valence-electron chi connectivity index (χ2n) is 3.58. The van der Waals surface area contributed by atoms with E-state index in [0.29, 0.717) is 13.2 Å². The maximum absolute atomic E-state index is 11.0. The fourth-order valence-corrected chi connectivity index (χ4v) is 1.59. The third kappa shape index (κ3) is 3.03. The zero-order valence-electron chi connectivity index (χ0n) is 9.69. The number of hydrogen-bond acceptors (Lipinski definition) is 4. The van der Waals surface area contributed by atoms with E-state index in [4.69, 9.17) is 14.2 Å². The zero-order chi connectivity index (χ0) is 12.1. The van der Waals surface area contributed by atoms with Crippen molar-refractivity contribution < 1.29 is 19.0 Å². The average Bonchev–Trinajstić information content (AvgIpc) is 2.76. The van der Waals surface area contributed by atoms with Gasteiger partial charge >= 0.3 is 6.09 Å². The van der Waals surface area contributed by atoms with Crippen LogP contribution in [0, 0.1) is 0 Å². The number of amides is 1. The van der Waals surface area contributed by atoms with Crippen molar-refractivity contribution in [2.24, 2.45) is 0 Å². The molecule has 5 heteroatoms. The molecule has 1 aliphatic heterocycles. The van der Waals surface area contributed by atoms with Crippen molar-refractivity contribution in [3.05, 3.63) is 23.8 Å². The summed E-state index contributed by atoms with van der Waals surface area (Å²) in [5.41, 5.74) is 1.09. The Morgan fingerprint density at radius 1 is 1.41 bits per heavy atom. The first-order valence-electron chi connectivity index (χ1n) is 5.58. The van der Waals surface area contributed by atoms with E-state index in [1.54, 1.807) is 6.92 Å². The molecule has 0 saturated carbocycles. The van der Waals surface area contributed by atoms with E-state index in [-0.39, 0.29) is 12.9 Å². The van der Waals surface area contributed by atoms with E-state index in [2.05, 4.69) is 5.32 Å². The van der Waals surface area contributed by atoms with E-state index < -0.39 is 0 Å². The highest BCUT2D eigenvalue weighted by Gasteiger charge is 2.12. The van der Waals surface area contributed by atoms with Gasteiger partial charge in [-0.05, 0) is 31.0 Å². The van der Waals surface area contributed by atoms with Gasteiger partial charge in [-0.2, -0.15) is 0 Å². The first-order valence-corrected chi connectivity index (χ1v) is 5.58. The second kappa shape index (κ2) is 5.43. The lowest BCUT2D eigenvalue weighted by Crippen LogP contribution is -2.26. The van der Waals surface area contributed by atoms with Gasteiger partial charge in [-0.25, -0.2) is 4.79 Å². The summed E-state index contributed by atoms with van der Waals surface area (Å²) >= 11 is 0. The van der Waals surface area contributed by atoms with Crippen LogP contribution in [0.2, 0.25) is 0 Å². The Morgan fingerprint density at radius 3 is 3.06 bits per heavy atom. The summed E-state index contributed by atoms with van der Waals surface area (Å²) in [6.45, 7) is 2.98. The molecule has 1 aromatic carbocycles. The highest BCUT2D eigenvalue weighted by Crippen LogP contribution is 2.32. The summed E-state index contributed by atoms with van der Waals surface area (Å²) in [4.78, 5) is 11.0. The Labute approximate surface area is 99.7 Å². The Balaban J connectivity index is 1.81. The van der Waals surface area contributed by atoms with Gasteiger partial charge in [0.15, 0.2) is 11.5 Å². The Bertz CT molecular complexity index is 405. The van der Waals surface area contributed by atoms with Crippen molar-refractivity contribution in [1.29, 1.82) is 0 Å². The topological polar surface area (TPSA) is 56.8 Å². The number of nitrogens with one attached hydrogen (secondary N) is 1. The number of benzene rings is 1. The number of hydrogen-bond donors (Lipinski definition) is 1. The molecule has 17 heavy (non-hydrogen) atoms. The molecule has 1 amide bonds. The normalized spacial score (nSPS) is 12.3. The number of fused-ring (bicyclic) bond motifs is 1. The number of alkyl carbamates (subject to hydrolysis) is 1. The summed E-state index contributed by atoms with van der Waals surface area (Å²) in [7, 11) is 0. The minimum absolute atomic E-state index is 0.278. The lowest BCUT2D eigenvalue weighted by atomic mass is 10.1. The Kier molecular flexibility index (Phi) is 3.69. The molecule has 1 N–H and O–H groups in total. The average molecular weight is 237 g/mol. The minimum Gasteiger partial charge on any atom is -0.454 e. The van der Waals surface area contributed by atoms with Crippen LogP contribution in [0.1, 0.15) is 12.5 Å². The monoisotopic (exact) mass is 237 g/mol. The van der Waals surface area contributed by atoms with E-state index in [0.717, 1.165) is 23.5 Å². The molecule has 0 saturated heterocycles. The van der Waals surface area contributed by atoms with Crippen molar-refractivity contribution in [3.8, 4) is 11.5 Å². The minimum atomic E-state index is -0.381. The molecule has 0 spiro atoms. The number of rotatable bonds is 4. The summed E-state index contributed by atoms with van der Waals surface area (Å²) in [5, 5.41) is 2.67. The molecule has 0 bridgehead atoms. The lowest BCUT2D eigenvalue weighted by Gasteiger charge is -2.05. The maximum atomic E-state index is 11.0. The molecule has 92 valence electrons. The van der Waals surface area contributed by atoms with E-state index in [1.165, 1.54) is 0 Å². The number of carbonyl (C=O) groups is 1. The molecule has 1 heterocycles. The molecule has 0 fully saturated rings. The standard InChI is InChI=1S/C12H15NO4/c1-2-15-12(14)13-6-5-9-3-4-10-11(7-9)17-8-16-10/h3-4,7H,2,5-6,8H2,1H3,(H,13,14). The van der Waals surface area contributed by atoms with Crippen molar-refractivity contribution in [2.45, 2.75) is 13.3 Å². The van der Waals surface area contributed by atoms with Crippen molar-refractivity contribution >= 4 is 6.09 Å². The van der Waals surface area contributed by atoms with E-state index in [1.807, 2.05) is 18.2 Å². The van der Waals surface area contributed by atoms with E-state index >= 15 is 0 Å². The van der Waals surface area contributed by atoms with E-state index in [9.17, 15) is 4.79 Å². The molecule has 0 atom stereocenters. The summed E-state index contributed by atoms with van der Waals surface area (Å²) in [6.07, 6.45) is 0.350. The molecular weight excluding hydrogens is 222 g/mol. The molecule has 1 aromatic rings. The van der Waals surface area contributed by atoms with Gasteiger partial charge < -0.3 is 19.5 Å². The predicted octanol–water partition coefficient (Wildman–Crippen LogP) is 1.70. The van der Waals surface area contributed by atoms with Gasteiger partial charge in [0, 0.05) is 6.54 Å². The molecule has 0 unspecified atom stereocenters. The third-order valence-corrected chi connectivity index (χ3v) is 2.40.